The molecule has 3 heterocycles. The van der Waals surface area contributed by atoms with Gasteiger partial charge in [-0.25, -0.2) is 9.97 Å². The van der Waals surface area contributed by atoms with Gasteiger partial charge in [0.1, 0.15) is 28.5 Å². The first-order valence-corrected chi connectivity index (χ1v) is 10.7. The predicted molar refractivity (Wildman–Crippen MR) is 120 cm³/mol. The molecule has 4 rings (SSSR count). The summed E-state index contributed by atoms with van der Waals surface area (Å²) in [5, 5.41) is -0.150. The fourth-order valence-corrected chi connectivity index (χ4v) is 3.74. The van der Waals surface area contributed by atoms with Crippen LogP contribution in [0.25, 0.3) is 22.6 Å². The Balaban J connectivity index is 1.55. The average Bonchev–Trinajstić information content (AvgIpc) is 3.19. The van der Waals surface area contributed by atoms with E-state index in [9.17, 15) is 17.6 Å². The molecule has 1 N–H and O–H groups in total. The van der Waals surface area contributed by atoms with Crippen molar-refractivity contribution in [3.63, 3.8) is 0 Å². The molecule has 0 spiro atoms. The number of nitrogens with zero attached hydrogens (tertiary/aromatic N) is 3. The largest absolute Gasteiger partial charge is 0.496 e. The number of hydrogen-bond acceptors (Lipinski definition) is 5. The van der Waals surface area contributed by atoms with Gasteiger partial charge in [-0.1, -0.05) is 11.6 Å². The summed E-state index contributed by atoms with van der Waals surface area (Å²) in [6.07, 6.45) is -2.47. The molecule has 12 heteroatoms. The molecule has 0 bridgehead atoms. The van der Waals surface area contributed by atoms with E-state index in [4.69, 9.17) is 21.1 Å². The van der Waals surface area contributed by atoms with Crippen molar-refractivity contribution in [2.75, 3.05) is 7.11 Å². The van der Waals surface area contributed by atoms with E-state index < -0.39 is 17.7 Å². The van der Waals surface area contributed by atoms with Crippen molar-refractivity contribution >= 4 is 27.5 Å². The molecule has 0 aliphatic rings. The fourth-order valence-electron chi connectivity index (χ4n) is 3.03. The molecule has 0 radical (unpaired) electrons. The average molecular weight is 558 g/mol. The second kappa shape index (κ2) is 9.59. The van der Waals surface area contributed by atoms with Gasteiger partial charge in [0.2, 0.25) is 5.95 Å². The number of benzene rings is 1. The van der Waals surface area contributed by atoms with Gasteiger partial charge in [0.05, 0.1) is 29.1 Å². The highest BCUT2D eigenvalue weighted by Crippen LogP contribution is 2.38. The number of ether oxygens (including phenoxy) is 2. The maximum Gasteiger partial charge on any atom is 0.417 e. The Kier molecular flexibility index (Phi) is 6.76. The highest BCUT2D eigenvalue weighted by atomic mass is 79.9. The fraction of sp³-hybridized carbons (Fsp3) is 0.136. The number of nitrogens with one attached hydrogen (secondary N) is 1. The first-order chi connectivity index (χ1) is 16.2. The van der Waals surface area contributed by atoms with Crippen LogP contribution in [0.1, 0.15) is 11.3 Å². The zero-order valence-electron chi connectivity index (χ0n) is 17.3. The minimum atomic E-state index is -4.53. The van der Waals surface area contributed by atoms with E-state index in [0.29, 0.717) is 44.9 Å². The summed E-state index contributed by atoms with van der Waals surface area (Å²) in [6.45, 7) is -0.144. The molecule has 0 saturated heterocycles. The summed E-state index contributed by atoms with van der Waals surface area (Å²) in [6, 6.07) is 8.58. The number of H-pyrrole nitrogens is 1. The van der Waals surface area contributed by atoms with Crippen LogP contribution in [0.15, 0.2) is 53.4 Å². The van der Waals surface area contributed by atoms with E-state index in [1.165, 1.54) is 19.4 Å². The van der Waals surface area contributed by atoms with E-state index in [1.807, 2.05) is 0 Å². The number of alkyl halides is 3. The van der Waals surface area contributed by atoms with Crippen LogP contribution >= 0.6 is 27.5 Å². The summed E-state index contributed by atoms with van der Waals surface area (Å²) >= 11 is 9.35. The van der Waals surface area contributed by atoms with Gasteiger partial charge in [-0.2, -0.15) is 17.6 Å². The van der Waals surface area contributed by atoms with Crippen LogP contribution in [0.5, 0.6) is 11.5 Å². The Labute approximate surface area is 204 Å². The SMILES string of the molecule is COc1cc(OCc2ncc(C(F)(F)F)cc2Cl)ccc1-c1[nH]c(-c2ccc(F)nc2)nc1Br. The second-order valence-corrected chi connectivity index (χ2v) is 8.08. The van der Waals surface area contributed by atoms with E-state index >= 15 is 0 Å². The van der Waals surface area contributed by atoms with Crippen molar-refractivity contribution < 1.29 is 27.0 Å². The Morgan fingerprint density at radius 2 is 1.88 bits per heavy atom. The van der Waals surface area contributed by atoms with Crippen LogP contribution in [0.2, 0.25) is 5.02 Å². The molecule has 1 aromatic carbocycles. The van der Waals surface area contributed by atoms with Crippen molar-refractivity contribution in [3.8, 4) is 34.1 Å². The lowest BCUT2D eigenvalue weighted by Gasteiger charge is -2.12. The van der Waals surface area contributed by atoms with E-state index in [0.717, 1.165) is 6.07 Å². The second-order valence-electron chi connectivity index (χ2n) is 6.92. The highest BCUT2D eigenvalue weighted by molar-refractivity contribution is 9.10. The maximum absolute atomic E-state index is 13.1. The molecule has 0 aliphatic heterocycles. The summed E-state index contributed by atoms with van der Waals surface area (Å²) in [5.41, 5.74) is 1.07. The van der Waals surface area contributed by atoms with E-state index in [2.05, 4.69) is 35.9 Å². The van der Waals surface area contributed by atoms with Crippen molar-refractivity contribution in [1.29, 1.82) is 0 Å². The van der Waals surface area contributed by atoms with Crippen LogP contribution in [0.4, 0.5) is 17.6 Å². The summed E-state index contributed by atoms with van der Waals surface area (Å²) in [7, 11) is 1.48. The minimum Gasteiger partial charge on any atom is -0.496 e. The Hall–Kier alpha value is -3.18. The van der Waals surface area contributed by atoms with Gasteiger partial charge in [0, 0.05) is 29.6 Å². The molecule has 0 aliphatic carbocycles. The molecule has 3 aromatic heterocycles. The van der Waals surface area contributed by atoms with Crippen molar-refractivity contribution in [2.24, 2.45) is 0 Å². The lowest BCUT2D eigenvalue weighted by atomic mass is 10.1. The van der Waals surface area contributed by atoms with Gasteiger partial charge in [0.25, 0.3) is 0 Å². The molecule has 34 heavy (non-hydrogen) atoms. The first-order valence-electron chi connectivity index (χ1n) is 9.56. The van der Waals surface area contributed by atoms with E-state index in [-0.39, 0.29) is 17.3 Å². The third-order valence-corrected chi connectivity index (χ3v) is 5.62. The number of pyridine rings is 2. The smallest absolute Gasteiger partial charge is 0.417 e. The molecule has 4 aromatic rings. The topological polar surface area (TPSA) is 72.9 Å². The summed E-state index contributed by atoms with van der Waals surface area (Å²) in [4.78, 5) is 14.9. The number of aromatic amines is 1. The Morgan fingerprint density at radius 1 is 1.09 bits per heavy atom. The number of imidazole rings is 1. The molecular formula is C22H14BrClF4N4O2. The predicted octanol–water partition coefficient (Wildman–Crippen LogP) is 6.70. The van der Waals surface area contributed by atoms with Gasteiger partial charge >= 0.3 is 6.18 Å². The van der Waals surface area contributed by atoms with Crippen LogP contribution in [0.3, 0.4) is 0 Å². The maximum atomic E-state index is 13.1. The number of rotatable bonds is 6. The minimum absolute atomic E-state index is 0.144. The molecule has 0 saturated carbocycles. The van der Waals surface area contributed by atoms with Crippen molar-refractivity contribution in [2.45, 2.75) is 12.8 Å². The number of halogens is 6. The van der Waals surface area contributed by atoms with Crippen LogP contribution < -0.4 is 9.47 Å². The third kappa shape index (κ3) is 5.15. The molecular weight excluding hydrogens is 544 g/mol. The Morgan fingerprint density at radius 3 is 2.53 bits per heavy atom. The quantitative estimate of drug-likeness (QED) is 0.211. The molecule has 0 fully saturated rings. The van der Waals surface area contributed by atoms with Crippen LogP contribution in [0, 0.1) is 5.95 Å². The molecule has 0 amide bonds. The molecule has 0 atom stereocenters. The van der Waals surface area contributed by atoms with E-state index in [1.54, 1.807) is 24.3 Å². The van der Waals surface area contributed by atoms with Gasteiger partial charge in [0.15, 0.2) is 0 Å². The summed E-state index contributed by atoms with van der Waals surface area (Å²) in [5.74, 6) is 0.702. The standard InChI is InChI=1S/C22H14BrClF4N4O2/c1-33-17-7-13(34-10-16-15(24)6-12(9-29-16)22(26,27)28)3-4-14(17)19-20(23)32-21(31-19)11-2-5-18(25)30-8-11/h2-9H,10H2,1H3,(H,31,32). The highest BCUT2D eigenvalue weighted by Gasteiger charge is 2.31. The van der Waals surface area contributed by atoms with Gasteiger partial charge in [-0.3, -0.25) is 4.98 Å². The van der Waals surface area contributed by atoms with Crippen LogP contribution in [-0.2, 0) is 12.8 Å². The zero-order chi connectivity index (χ0) is 24.5. The third-order valence-electron chi connectivity index (χ3n) is 4.72. The normalized spacial score (nSPS) is 11.5. The van der Waals surface area contributed by atoms with Gasteiger partial charge < -0.3 is 14.5 Å². The van der Waals surface area contributed by atoms with Gasteiger partial charge in [-0.05, 0) is 46.3 Å². The molecule has 0 unspecified atom stereocenters. The molecule has 6 nitrogen and oxygen atoms in total. The lowest BCUT2D eigenvalue weighted by Crippen LogP contribution is -2.07. The monoisotopic (exact) mass is 556 g/mol. The lowest BCUT2D eigenvalue weighted by molar-refractivity contribution is -0.137. The number of aromatic nitrogens is 4. The summed E-state index contributed by atoms with van der Waals surface area (Å²) < 4.78 is 63.1. The Bertz CT molecular complexity index is 1330. The van der Waals surface area contributed by atoms with Gasteiger partial charge in [-0.15, -0.1) is 0 Å². The number of hydrogen-bond donors (Lipinski definition) is 1. The van der Waals surface area contributed by atoms with Crippen molar-refractivity contribution in [1.82, 2.24) is 19.9 Å². The first kappa shape index (κ1) is 24.0. The molecule has 176 valence electrons. The zero-order valence-corrected chi connectivity index (χ0v) is 19.6. The van der Waals surface area contributed by atoms with Crippen molar-refractivity contribution in [3.05, 3.63) is 75.6 Å². The number of methoxy groups -OCH3 is 1. The van der Waals surface area contributed by atoms with Crippen LogP contribution in [-0.4, -0.2) is 27.0 Å².